The molecule has 2 aromatic heterocycles. The summed E-state index contributed by atoms with van der Waals surface area (Å²) in [6.07, 6.45) is 2.36. The van der Waals surface area contributed by atoms with Gasteiger partial charge in [-0.05, 0) is 43.3 Å². The van der Waals surface area contributed by atoms with Crippen molar-refractivity contribution in [1.82, 2.24) is 20.0 Å². The number of rotatable bonds is 6. The van der Waals surface area contributed by atoms with Crippen LogP contribution in [-0.4, -0.2) is 33.1 Å². The molecule has 0 N–H and O–H groups in total. The molecule has 0 fully saturated rings. The Morgan fingerprint density at radius 1 is 1.07 bits per heavy atom. The monoisotopic (exact) mass is 390 g/mol. The maximum atomic E-state index is 12.4. The molecule has 0 amide bonds. The van der Waals surface area contributed by atoms with E-state index in [1.165, 1.54) is 6.20 Å². The lowest BCUT2D eigenvalue weighted by Gasteiger charge is -2.08. The van der Waals surface area contributed by atoms with Crippen molar-refractivity contribution in [2.24, 2.45) is 0 Å². The molecule has 2 heterocycles. The fourth-order valence-electron chi connectivity index (χ4n) is 2.68. The Kier molecular flexibility index (Phi) is 5.07. The van der Waals surface area contributed by atoms with Gasteiger partial charge in [0.15, 0.2) is 6.10 Å². The summed E-state index contributed by atoms with van der Waals surface area (Å²) in [4.78, 5) is 12.4. The molecule has 2 aromatic carbocycles. The lowest BCUT2D eigenvalue weighted by Crippen LogP contribution is -2.09. The van der Waals surface area contributed by atoms with Gasteiger partial charge in [-0.1, -0.05) is 18.2 Å². The topological polar surface area (TPSA) is 92.3 Å². The second-order valence-corrected chi connectivity index (χ2v) is 6.23. The molecule has 1 atom stereocenters. The highest BCUT2D eigenvalue weighted by molar-refractivity contribution is 5.89. The van der Waals surface area contributed by atoms with Gasteiger partial charge in [0.1, 0.15) is 5.75 Å². The first kappa shape index (κ1) is 18.4. The van der Waals surface area contributed by atoms with Crippen LogP contribution in [0.25, 0.3) is 17.1 Å². The van der Waals surface area contributed by atoms with Crippen LogP contribution in [0.1, 0.15) is 29.3 Å². The van der Waals surface area contributed by atoms with Crippen molar-refractivity contribution in [2.45, 2.75) is 13.0 Å². The summed E-state index contributed by atoms with van der Waals surface area (Å²) < 4.78 is 17.8. The van der Waals surface area contributed by atoms with E-state index in [-0.39, 0.29) is 5.89 Å². The molecular formula is C21H18N4O4. The second-order valence-electron chi connectivity index (χ2n) is 6.23. The molecule has 4 rings (SSSR count). The summed E-state index contributed by atoms with van der Waals surface area (Å²) in [5, 5.41) is 12.2. The highest BCUT2D eigenvalue weighted by Gasteiger charge is 2.21. The number of esters is 1. The van der Waals surface area contributed by atoms with Crippen molar-refractivity contribution < 1.29 is 18.7 Å². The number of hydrogen-bond donors (Lipinski definition) is 0. The minimum Gasteiger partial charge on any atom is -0.497 e. The lowest BCUT2D eigenvalue weighted by molar-refractivity contribution is 0.0280. The molecule has 0 bridgehead atoms. The van der Waals surface area contributed by atoms with Crippen LogP contribution in [0.15, 0.2) is 71.4 Å². The van der Waals surface area contributed by atoms with Crippen molar-refractivity contribution in [2.75, 3.05) is 7.11 Å². The summed E-state index contributed by atoms with van der Waals surface area (Å²) in [5.74, 6) is 0.748. The van der Waals surface area contributed by atoms with E-state index >= 15 is 0 Å². The fourth-order valence-corrected chi connectivity index (χ4v) is 2.68. The maximum absolute atomic E-state index is 12.4. The first-order valence-corrected chi connectivity index (χ1v) is 8.93. The van der Waals surface area contributed by atoms with E-state index in [1.54, 1.807) is 37.0 Å². The predicted octanol–water partition coefficient (Wildman–Crippen LogP) is 3.85. The minimum atomic E-state index is -0.706. The van der Waals surface area contributed by atoms with Crippen molar-refractivity contribution >= 4 is 5.97 Å². The quantitative estimate of drug-likeness (QED) is 0.462. The zero-order valence-electron chi connectivity index (χ0n) is 15.9. The number of carbonyl (C=O) groups is 1. The van der Waals surface area contributed by atoms with Crippen LogP contribution >= 0.6 is 0 Å². The van der Waals surface area contributed by atoms with Gasteiger partial charge < -0.3 is 13.9 Å². The van der Waals surface area contributed by atoms with Crippen molar-refractivity contribution in [3.05, 3.63) is 78.4 Å². The van der Waals surface area contributed by atoms with Gasteiger partial charge in [-0.15, -0.1) is 10.2 Å². The third kappa shape index (κ3) is 4.01. The zero-order chi connectivity index (χ0) is 20.2. The van der Waals surface area contributed by atoms with Crippen LogP contribution in [0.3, 0.4) is 0 Å². The predicted molar refractivity (Wildman–Crippen MR) is 104 cm³/mol. The SMILES string of the molecule is COc1ccc(-c2nnc([C@H](C)OC(=O)c3cnn(-c4ccccc4)c3)o2)cc1. The molecule has 0 aliphatic rings. The summed E-state index contributed by atoms with van der Waals surface area (Å²) in [5.41, 5.74) is 1.92. The van der Waals surface area contributed by atoms with Crippen LogP contribution in [0, 0.1) is 0 Å². The van der Waals surface area contributed by atoms with Gasteiger partial charge >= 0.3 is 5.97 Å². The van der Waals surface area contributed by atoms with Gasteiger partial charge in [0.25, 0.3) is 5.89 Å². The average Bonchev–Trinajstić information content (AvgIpc) is 3.45. The van der Waals surface area contributed by atoms with E-state index in [2.05, 4.69) is 15.3 Å². The van der Waals surface area contributed by atoms with Gasteiger partial charge in [-0.25, -0.2) is 9.48 Å². The van der Waals surface area contributed by atoms with Crippen LogP contribution in [0.2, 0.25) is 0 Å². The van der Waals surface area contributed by atoms with Gasteiger partial charge in [0.05, 0.1) is 24.6 Å². The fraction of sp³-hybridized carbons (Fsp3) is 0.143. The number of ether oxygens (including phenoxy) is 2. The molecule has 0 aliphatic heterocycles. The van der Waals surface area contributed by atoms with Gasteiger partial charge in [0, 0.05) is 11.8 Å². The summed E-state index contributed by atoms with van der Waals surface area (Å²) in [7, 11) is 1.60. The smallest absolute Gasteiger partial charge is 0.342 e. The average molecular weight is 390 g/mol. The van der Waals surface area contributed by atoms with Gasteiger partial charge in [-0.3, -0.25) is 0 Å². The van der Waals surface area contributed by atoms with Crippen LogP contribution < -0.4 is 4.74 Å². The Hall–Kier alpha value is -3.94. The third-order valence-electron chi connectivity index (χ3n) is 4.25. The highest BCUT2D eigenvalue weighted by atomic mass is 16.6. The van der Waals surface area contributed by atoms with E-state index in [0.717, 1.165) is 17.0 Å². The Balaban J connectivity index is 1.44. The van der Waals surface area contributed by atoms with E-state index in [4.69, 9.17) is 13.9 Å². The maximum Gasteiger partial charge on any atom is 0.342 e. The standard InChI is InChI=1S/C21H18N4O4/c1-14(19-23-24-20(29-19)15-8-10-18(27-2)11-9-15)28-21(26)16-12-22-25(13-16)17-6-4-3-5-7-17/h3-14H,1-2H3/t14-/m0/s1. The van der Waals surface area contributed by atoms with Crippen LogP contribution in [0.4, 0.5) is 0 Å². The molecule has 146 valence electrons. The lowest BCUT2D eigenvalue weighted by atomic mass is 10.2. The first-order chi connectivity index (χ1) is 14.1. The van der Waals surface area contributed by atoms with Crippen molar-refractivity contribution in [1.29, 1.82) is 0 Å². The zero-order valence-corrected chi connectivity index (χ0v) is 15.9. The molecule has 0 saturated heterocycles. The number of para-hydroxylation sites is 1. The van der Waals surface area contributed by atoms with E-state index < -0.39 is 12.1 Å². The van der Waals surface area contributed by atoms with E-state index in [0.29, 0.717) is 11.5 Å². The largest absolute Gasteiger partial charge is 0.497 e. The van der Waals surface area contributed by atoms with Crippen molar-refractivity contribution in [3.63, 3.8) is 0 Å². The summed E-state index contributed by atoms with van der Waals surface area (Å²) in [6.45, 7) is 1.67. The molecule has 0 spiro atoms. The number of benzene rings is 2. The molecule has 8 nitrogen and oxygen atoms in total. The summed E-state index contributed by atoms with van der Waals surface area (Å²) in [6, 6.07) is 16.7. The minimum absolute atomic E-state index is 0.208. The normalized spacial score (nSPS) is 11.8. The molecule has 0 saturated carbocycles. The Bertz CT molecular complexity index is 1100. The molecular weight excluding hydrogens is 372 g/mol. The number of carbonyl (C=O) groups excluding carboxylic acids is 1. The molecule has 29 heavy (non-hydrogen) atoms. The third-order valence-corrected chi connectivity index (χ3v) is 4.25. The van der Waals surface area contributed by atoms with Crippen molar-refractivity contribution in [3.8, 4) is 22.9 Å². The Labute approximate surface area is 166 Å². The molecule has 4 aromatic rings. The van der Waals surface area contributed by atoms with Crippen LogP contribution in [-0.2, 0) is 4.74 Å². The van der Waals surface area contributed by atoms with Crippen LogP contribution in [0.5, 0.6) is 5.75 Å². The first-order valence-electron chi connectivity index (χ1n) is 8.93. The number of aromatic nitrogens is 4. The highest BCUT2D eigenvalue weighted by Crippen LogP contribution is 2.24. The molecule has 0 unspecified atom stereocenters. The van der Waals surface area contributed by atoms with E-state index in [9.17, 15) is 4.79 Å². The second kappa shape index (κ2) is 7.97. The molecule has 0 radical (unpaired) electrons. The van der Waals surface area contributed by atoms with Gasteiger partial charge in [0.2, 0.25) is 5.89 Å². The number of nitrogens with zero attached hydrogens (tertiary/aromatic N) is 4. The Morgan fingerprint density at radius 2 is 1.83 bits per heavy atom. The molecule has 0 aliphatic carbocycles. The summed E-state index contributed by atoms with van der Waals surface area (Å²) >= 11 is 0. The molecule has 8 heteroatoms. The number of methoxy groups -OCH3 is 1. The van der Waals surface area contributed by atoms with E-state index in [1.807, 2.05) is 42.5 Å². The Morgan fingerprint density at radius 3 is 2.55 bits per heavy atom. The van der Waals surface area contributed by atoms with Gasteiger partial charge in [-0.2, -0.15) is 5.10 Å². The number of hydrogen-bond acceptors (Lipinski definition) is 7.